The first-order valence-corrected chi connectivity index (χ1v) is 13.0. The molecule has 0 aromatic heterocycles. The Bertz CT molecular complexity index is 1140. The van der Waals surface area contributed by atoms with Crippen LogP contribution in [0.25, 0.3) is 0 Å². The number of rotatable bonds is 9. The lowest BCUT2D eigenvalue weighted by molar-refractivity contribution is -0.183. The van der Waals surface area contributed by atoms with E-state index < -0.39 is 41.3 Å². The maximum absolute atomic E-state index is 14.4. The van der Waals surface area contributed by atoms with Gasteiger partial charge in [0.1, 0.15) is 6.10 Å². The van der Waals surface area contributed by atoms with Gasteiger partial charge in [-0.3, -0.25) is 4.79 Å². The number of nitrogens with one attached hydrogen (secondary N) is 1. The van der Waals surface area contributed by atoms with E-state index in [1.165, 1.54) is 12.1 Å². The van der Waals surface area contributed by atoms with Gasteiger partial charge in [-0.1, -0.05) is 36.4 Å². The lowest BCUT2D eigenvalue weighted by Crippen LogP contribution is -2.60. The number of hydrogen-bond acceptors (Lipinski definition) is 5. The monoisotopic (exact) mass is 515 g/mol. The van der Waals surface area contributed by atoms with E-state index in [1.54, 1.807) is 0 Å². The number of aryl methyl sites for hydroxylation is 1. The van der Waals surface area contributed by atoms with Gasteiger partial charge in [-0.15, -0.1) is 0 Å². The molecule has 3 aliphatic rings. The molecule has 1 unspecified atom stereocenters. The number of ether oxygens (including phenoxy) is 4. The summed E-state index contributed by atoms with van der Waals surface area (Å²) in [6, 6.07) is 11.9. The van der Waals surface area contributed by atoms with Gasteiger partial charge in [-0.25, -0.2) is 8.78 Å². The maximum atomic E-state index is 14.4. The zero-order valence-corrected chi connectivity index (χ0v) is 21.6. The molecule has 2 aromatic rings. The predicted octanol–water partition coefficient (Wildman–Crippen LogP) is 4.95. The molecular weight excluding hydrogens is 480 g/mol. The first kappa shape index (κ1) is 26.2. The topological polar surface area (TPSA) is 66.0 Å². The lowest BCUT2D eigenvalue weighted by atomic mass is 9.78. The van der Waals surface area contributed by atoms with Crippen LogP contribution in [0.2, 0.25) is 0 Å². The van der Waals surface area contributed by atoms with Crippen LogP contribution in [0.15, 0.2) is 42.5 Å². The number of hydrogen-bond donors (Lipinski definition) is 1. The fourth-order valence-corrected chi connectivity index (χ4v) is 5.27. The van der Waals surface area contributed by atoms with Crippen molar-refractivity contribution in [3.63, 3.8) is 0 Å². The normalized spacial score (nSPS) is 28.6. The second kappa shape index (κ2) is 10.4. The molecule has 2 aromatic carbocycles. The number of amides is 1. The average Bonchev–Trinajstić information content (AvgIpc) is 3.63. The van der Waals surface area contributed by atoms with Crippen molar-refractivity contribution >= 4 is 5.91 Å². The van der Waals surface area contributed by atoms with Crippen LogP contribution in [0.5, 0.6) is 0 Å². The standard InChI is InChI=1S/C29H35F2NO5/c1-18-7-4-5-8-20(18)17-35-29(27(33)32-15-19-11-12-19)13-23(26-24(14-29)36-28(2,3)37-26)34-16-21-9-6-10-22(30)25(21)31/h4-10,19,23-24,26H,11-17H2,1-3H3,(H,32,33)/t23?,24-,26+,29-/m1/s1. The molecule has 2 aliphatic carbocycles. The Kier molecular flexibility index (Phi) is 7.38. The third kappa shape index (κ3) is 5.87. The van der Waals surface area contributed by atoms with E-state index in [0.717, 1.165) is 30.0 Å². The number of benzene rings is 2. The lowest BCUT2D eigenvalue weighted by Gasteiger charge is -2.43. The zero-order valence-electron chi connectivity index (χ0n) is 21.6. The molecule has 8 heteroatoms. The van der Waals surface area contributed by atoms with Crippen LogP contribution in [0.1, 0.15) is 56.2 Å². The largest absolute Gasteiger partial charge is 0.370 e. The summed E-state index contributed by atoms with van der Waals surface area (Å²) in [7, 11) is 0. The highest BCUT2D eigenvalue weighted by molar-refractivity contribution is 5.85. The maximum Gasteiger partial charge on any atom is 0.252 e. The van der Waals surface area contributed by atoms with Crippen molar-refractivity contribution in [2.45, 2.75) is 89.4 Å². The van der Waals surface area contributed by atoms with Crippen LogP contribution >= 0.6 is 0 Å². The van der Waals surface area contributed by atoms with Crippen molar-refractivity contribution in [3.8, 4) is 0 Å². The molecule has 0 bridgehead atoms. The molecule has 0 spiro atoms. The first-order chi connectivity index (χ1) is 17.7. The molecule has 1 amide bonds. The Morgan fingerprint density at radius 1 is 1.03 bits per heavy atom. The predicted molar refractivity (Wildman–Crippen MR) is 132 cm³/mol. The molecule has 1 heterocycles. The Labute approximate surface area is 216 Å². The van der Waals surface area contributed by atoms with Gasteiger partial charge in [0.05, 0.1) is 25.4 Å². The van der Waals surface area contributed by atoms with Crippen molar-refractivity contribution < 1.29 is 32.5 Å². The van der Waals surface area contributed by atoms with Gasteiger partial charge in [0.2, 0.25) is 0 Å². The molecule has 3 fully saturated rings. The van der Waals surface area contributed by atoms with E-state index in [2.05, 4.69) is 5.32 Å². The highest BCUT2D eigenvalue weighted by atomic mass is 19.2. The third-order valence-corrected chi connectivity index (χ3v) is 7.56. The van der Waals surface area contributed by atoms with Crippen LogP contribution in [0.4, 0.5) is 8.78 Å². The molecule has 1 saturated heterocycles. The highest BCUT2D eigenvalue weighted by Gasteiger charge is 2.58. The third-order valence-electron chi connectivity index (χ3n) is 7.56. The quantitative estimate of drug-likeness (QED) is 0.512. The van der Waals surface area contributed by atoms with Gasteiger partial charge in [-0.2, -0.15) is 0 Å². The molecule has 6 nitrogen and oxygen atoms in total. The molecule has 4 atom stereocenters. The van der Waals surface area contributed by atoms with Gasteiger partial charge in [-0.05, 0) is 56.7 Å². The SMILES string of the molecule is Cc1ccccc1CO[C@]1(C(=O)NCC2CC2)CC(OCc2cccc(F)c2F)[C@@H]2OC(C)(C)O[C@@H]2C1. The fraction of sp³-hybridized carbons (Fsp3) is 0.552. The smallest absolute Gasteiger partial charge is 0.252 e. The van der Waals surface area contributed by atoms with E-state index in [1.807, 2.05) is 45.0 Å². The van der Waals surface area contributed by atoms with Crippen LogP contribution in [0.3, 0.4) is 0 Å². The van der Waals surface area contributed by atoms with Gasteiger partial charge < -0.3 is 24.3 Å². The second-order valence-corrected chi connectivity index (χ2v) is 11.0. The summed E-state index contributed by atoms with van der Waals surface area (Å²) in [5.41, 5.74) is 0.931. The number of carbonyl (C=O) groups excluding carboxylic acids is 1. The summed E-state index contributed by atoms with van der Waals surface area (Å²) in [4.78, 5) is 13.7. The molecule has 200 valence electrons. The summed E-state index contributed by atoms with van der Waals surface area (Å²) in [6.07, 6.45) is 1.15. The molecule has 1 N–H and O–H groups in total. The van der Waals surface area contributed by atoms with Crippen LogP contribution in [-0.4, -0.2) is 42.2 Å². The van der Waals surface area contributed by atoms with E-state index in [0.29, 0.717) is 18.9 Å². The Balaban J connectivity index is 1.41. The summed E-state index contributed by atoms with van der Waals surface area (Å²) in [5, 5.41) is 3.09. The van der Waals surface area contributed by atoms with Gasteiger partial charge in [0.25, 0.3) is 5.91 Å². The summed E-state index contributed by atoms with van der Waals surface area (Å²) in [6.45, 7) is 6.32. The Morgan fingerprint density at radius 3 is 2.54 bits per heavy atom. The molecule has 5 rings (SSSR count). The zero-order chi connectivity index (χ0) is 26.2. The minimum absolute atomic E-state index is 0.102. The average molecular weight is 516 g/mol. The minimum atomic E-state index is -1.23. The number of halogens is 2. The van der Waals surface area contributed by atoms with Gasteiger partial charge >= 0.3 is 0 Å². The summed E-state index contributed by atoms with van der Waals surface area (Å²) < 4.78 is 53.2. The molecule has 2 saturated carbocycles. The van der Waals surface area contributed by atoms with E-state index >= 15 is 0 Å². The summed E-state index contributed by atoms with van der Waals surface area (Å²) >= 11 is 0. The minimum Gasteiger partial charge on any atom is -0.370 e. The first-order valence-electron chi connectivity index (χ1n) is 13.0. The van der Waals surface area contributed by atoms with Crippen molar-refractivity contribution in [3.05, 3.63) is 70.8 Å². The highest BCUT2D eigenvalue weighted by Crippen LogP contribution is 2.44. The number of carbonyl (C=O) groups is 1. The Morgan fingerprint density at radius 2 is 1.78 bits per heavy atom. The van der Waals surface area contributed by atoms with Crippen LogP contribution < -0.4 is 5.32 Å². The van der Waals surface area contributed by atoms with E-state index in [9.17, 15) is 13.6 Å². The fourth-order valence-electron chi connectivity index (χ4n) is 5.27. The molecule has 0 radical (unpaired) electrons. The van der Waals surface area contributed by atoms with Crippen molar-refractivity contribution in [2.75, 3.05) is 6.54 Å². The van der Waals surface area contributed by atoms with Gasteiger partial charge in [0, 0.05) is 24.9 Å². The second-order valence-electron chi connectivity index (χ2n) is 11.0. The van der Waals surface area contributed by atoms with Crippen LogP contribution in [-0.2, 0) is 37.0 Å². The van der Waals surface area contributed by atoms with Crippen LogP contribution in [0, 0.1) is 24.5 Å². The van der Waals surface area contributed by atoms with Gasteiger partial charge in [0.15, 0.2) is 23.0 Å². The van der Waals surface area contributed by atoms with E-state index in [4.69, 9.17) is 18.9 Å². The van der Waals surface area contributed by atoms with E-state index in [-0.39, 0.29) is 31.1 Å². The van der Waals surface area contributed by atoms with Crippen molar-refractivity contribution in [1.82, 2.24) is 5.32 Å². The molecular formula is C29H35F2NO5. The molecule has 1 aliphatic heterocycles. The Hall–Kier alpha value is -2.39. The number of fused-ring (bicyclic) bond motifs is 1. The summed E-state index contributed by atoms with van der Waals surface area (Å²) in [5.74, 6) is -2.45. The van der Waals surface area contributed by atoms with Crippen molar-refractivity contribution in [2.24, 2.45) is 5.92 Å². The van der Waals surface area contributed by atoms with Crippen molar-refractivity contribution in [1.29, 1.82) is 0 Å². The molecule has 37 heavy (non-hydrogen) atoms.